The minimum absolute atomic E-state index is 0.247. The predicted octanol–water partition coefficient (Wildman–Crippen LogP) is 2.02. The molecule has 6 nitrogen and oxygen atoms in total. The van der Waals surface area contributed by atoms with Crippen LogP contribution in [0.3, 0.4) is 0 Å². The van der Waals surface area contributed by atoms with Gasteiger partial charge in [0.2, 0.25) is 0 Å². The number of carbonyl (C=O) groups is 1. The van der Waals surface area contributed by atoms with Crippen LogP contribution < -0.4 is 0 Å². The summed E-state index contributed by atoms with van der Waals surface area (Å²) in [6.45, 7) is 2.01. The molecule has 1 N–H and O–H groups in total. The molecule has 1 aromatic carbocycles. The maximum Gasteiger partial charge on any atom is 0.335 e. The lowest BCUT2D eigenvalue weighted by molar-refractivity contribution is 0.0697. The number of imidazole rings is 1. The van der Waals surface area contributed by atoms with Gasteiger partial charge in [0, 0.05) is 25.7 Å². The van der Waals surface area contributed by atoms with Crippen LogP contribution in [0.4, 0.5) is 0 Å². The molecule has 0 aliphatic carbocycles. The van der Waals surface area contributed by atoms with E-state index in [9.17, 15) is 4.79 Å². The fourth-order valence-corrected chi connectivity index (χ4v) is 2.27. The molecular formula is C14H14N4O2. The van der Waals surface area contributed by atoms with Crippen LogP contribution in [0.2, 0.25) is 0 Å². The summed E-state index contributed by atoms with van der Waals surface area (Å²) >= 11 is 0. The quantitative estimate of drug-likeness (QED) is 0.790. The molecule has 102 valence electrons. The number of hydrogen-bond donors (Lipinski definition) is 1. The highest BCUT2D eigenvalue weighted by molar-refractivity contribution is 5.92. The van der Waals surface area contributed by atoms with Gasteiger partial charge < -0.3 is 5.11 Å². The molecule has 0 atom stereocenters. The van der Waals surface area contributed by atoms with Gasteiger partial charge in [0.05, 0.1) is 16.6 Å². The van der Waals surface area contributed by atoms with Crippen molar-refractivity contribution < 1.29 is 9.90 Å². The Morgan fingerprint density at radius 2 is 2.15 bits per heavy atom. The molecule has 2 aromatic heterocycles. The smallest absolute Gasteiger partial charge is 0.335 e. The Morgan fingerprint density at radius 3 is 2.75 bits per heavy atom. The number of rotatable bonds is 3. The van der Waals surface area contributed by atoms with Crippen molar-refractivity contribution in [3.05, 3.63) is 41.9 Å². The Morgan fingerprint density at radius 1 is 1.35 bits per heavy atom. The largest absolute Gasteiger partial charge is 0.478 e. The molecule has 2 heterocycles. The van der Waals surface area contributed by atoms with Crippen molar-refractivity contribution >= 4 is 17.0 Å². The summed E-state index contributed by atoms with van der Waals surface area (Å²) < 4.78 is 3.61. The van der Waals surface area contributed by atoms with Crippen molar-refractivity contribution in [3.63, 3.8) is 0 Å². The number of hydrogen-bond acceptors (Lipinski definition) is 3. The second-order valence-corrected chi connectivity index (χ2v) is 4.57. The monoisotopic (exact) mass is 270 g/mol. The van der Waals surface area contributed by atoms with Gasteiger partial charge in [0.1, 0.15) is 5.82 Å². The molecule has 0 spiro atoms. The van der Waals surface area contributed by atoms with Gasteiger partial charge in [-0.25, -0.2) is 9.78 Å². The molecule has 0 bridgehead atoms. The molecule has 6 heteroatoms. The van der Waals surface area contributed by atoms with E-state index in [1.807, 2.05) is 30.8 Å². The summed E-state index contributed by atoms with van der Waals surface area (Å²) in [6, 6.07) is 6.82. The van der Waals surface area contributed by atoms with E-state index >= 15 is 0 Å². The summed E-state index contributed by atoms with van der Waals surface area (Å²) in [5.41, 5.74) is 1.79. The Bertz CT molecular complexity index is 801. The van der Waals surface area contributed by atoms with Crippen molar-refractivity contribution in [1.29, 1.82) is 0 Å². The number of benzene rings is 1. The Kier molecular flexibility index (Phi) is 2.78. The van der Waals surface area contributed by atoms with Gasteiger partial charge in [-0.3, -0.25) is 9.25 Å². The fourth-order valence-electron chi connectivity index (χ4n) is 2.27. The molecule has 0 saturated carbocycles. The van der Waals surface area contributed by atoms with Crippen LogP contribution in [0.1, 0.15) is 23.1 Å². The van der Waals surface area contributed by atoms with Gasteiger partial charge in [0.25, 0.3) is 0 Å². The normalized spacial score (nSPS) is 11.1. The summed E-state index contributed by atoms with van der Waals surface area (Å²) in [4.78, 5) is 15.7. The maximum atomic E-state index is 11.1. The third kappa shape index (κ3) is 1.85. The summed E-state index contributed by atoms with van der Waals surface area (Å²) in [5, 5.41) is 13.5. The first-order chi connectivity index (χ1) is 9.60. The number of aromatic nitrogens is 4. The average Bonchev–Trinajstić information content (AvgIpc) is 3.00. The van der Waals surface area contributed by atoms with Crippen LogP contribution in [-0.4, -0.2) is 30.4 Å². The number of carboxylic acids is 1. The molecule has 3 aromatic rings. The number of carboxylic acid groups (broad SMARTS) is 1. The SMILES string of the molecule is CCc1nc2ccc(C(=O)O)cc2n1-c1ccn(C)n1. The lowest BCUT2D eigenvalue weighted by atomic mass is 10.2. The molecule has 0 unspecified atom stereocenters. The topological polar surface area (TPSA) is 72.9 Å². The average molecular weight is 270 g/mol. The van der Waals surface area contributed by atoms with Crippen LogP contribution in [0.25, 0.3) is 16.9 Å². The van der Waals surface area contributed by atoms with E-state index in [0.29, 0.717) is 0 Å². The molecule has 0 amide bonds. The standard InChI is InChI=1S/C14H14N4O2/c1-3-12-15-10-5-4-9(14(19)20)8-11(10)18(12)13-6-7-17(2)16-13/h4-8H,3H2,1-2H3,(H,19,20). The summed E-state index contributed by atoms with van der Waals surface area (Å²) in [6.07, 6.45) is 2.59. The van der Waals surface area contributed by atoms with Crippen LogP contribution in [0.5, 0.6) is 0 Å². The number of nitrogens with zero attached hydrogens (tertiary/aromatic N) is 4. The lowest BCUT2D eigenvalue weighted by Crippen LogP contribution is -2.03. The van der Waals surface area contributed by atoms with E-state index in [4.69, 9.17) is 5.11 Å². The zero-order valence-corrected chi connectivity index (χ0v) is 11.2. The van der Waals surface area contributed by atoms with Gasteiger partial charge in [-0.05, 0) is 18.2 Å². The van der Waals surface area contributed by atoms with Gasteiger partial charge in [-0.15, -0.1) is 0 Å². The molecule has 0 aliphatic rings. The Labute approximate surface area is 115 Å². The predicted molar refractivity (Wildman–Crippen MR) is 74.2 cm³/mol. The van der Waals surface area contributed by atoms with E-state index in [0.717, 1.165) is 29.1 Å². The zero-order chi connectivity index (χ0) is 14.3. The third-order valence-electron chi connectivity index (χ3n) is 3.22. The molecular weight excluding hydrogens is 256 g/mol. The maximum absolute atomic E-state index is 11.1. The molecule has 20 heavy (non-hydrogen) atoms. The van der Waals surface area contributed by atoms with Crippen molar-refractivity contribution in [2.75, 3.05) is 0 Å². The van der Waals surface area contributed by atoms with E-state index < -0.39 is 5.97 Å². The Hall–Kier alpha value is -2.63. The van der Waals surface area contributed by atoms with Crippen molar-refractivity contribution in [3.8, 4) is 5.82 Å². The van der Waals surface area contributed by atoms with E-state index in [1.54, 1.807) is 22.9 Å². The van der Waals surface area contributed by atoms with Crippen LogP contribution in [-0.2, 0) is 13.5 Å². The van der Waals surface area contributed by atoms with Crippen LogP contribution >= 0.6 is 0 Å². The third-order valence-corrected chi connectivity index (χ3v) is 3.22. The number of aromatic carboxylic acids is 1. The minimum Gasteiger partial charge on any atom is -0.478 e. The van der Waals surface area contributed by atoms with Crippen LogP contribution in [0, 0.1) is 0 Å². The van der Waals surface area contributed by atoms with Gasteiger partial charge >= 0.3 is 5.97 Å². The van der Waals surface area contributed by atoms with Gasteiger partial charge in [0.15, 0.2) is 5.82 Å². The summed E-state index contributed by atoms with van der Waals surface area (Å²) in [5.74, 6) is 0.661. The Balaban J connectivity index is 2.31. The lowest BCUT2D eigenvalue weighted by Gasteiger charge is -2.04. The second kappa shape index (κ2) is 4.48. The highest BCUT2D eigenvalue weighted by Crippen LogP contribution is 2.22. The first kappa shape index (κ1) is 12.4. The van der Waals surface area contributed by atoms with Gasteiger partial charge in [-0.2, -0.15) is 5.10 Å². The number of fused-ring (bicyclic) bond motifs is 1. The van der Waals surface area contributed by atoms with Crippen molar-refractivity contribution in [2.45, 2.75) is 13.3 Å². The zero-order valence-electron chi connectivity index (χ0n) is 11.2. The first-order valence-electron chi connectivity index (χ1n) is 6.35. The van der Waals surface area contributed by atoms with Crippen molar-refractivity contribution in [1.82, 2.24) is 19.3 Å². The molecule has 3 rings (SSSR count). The van der Waals surface area contributed by atoms with Crippen LogP contribution in [0.15, 0.2) is 30.5 Å². The van der Waals surface area contributed by atoms with E-state index in [-0.39, 0.29) is 5.56 Å². The molecule has 0 aliphatic heterocycles. The highest BCUT2D eigenvalue weighted by Gasteiger charge is 2.15. The minimum atomic E-state index is -0.946. The van der Waals surface area contributed by atoms with E-state index in [2.05, 4.69) is 10.1 Å². The fraction of sp³-hybridized carbons (Fsp3) is 0.214. The molecule has 0 fully saturated rings. The second-order valence-electron chi connectivity index (χ2n) is 4.57. The first-order valence-corrected chi connectivity index (χ1v) is 6.35. The van der Waals surface area contributed by atoms with E-state index in [1.165, 1.54) is 0 Å². The van der Waals surface area contributed by atoms with Crippen molar-refractivity contribution in [2.24, 2.45) is 7.05 Å². The number of aryl methyl sites for hydroxylation is 2. The highest BCUT2D eigenvalue weighted by atomic mass is 16.4. The van der Waals surface area contributed by atoms with Gasteiger partial charge in [-0.1, -0.05) is 6.92 Å². The summed E-state index contributed by atoms with van der Waals surface area (Å²) in [7, 11) is 1.84. The molecule has 0 saturated heterocycles. The molecule has 0 radical (unpaired) electrons.